The predicted molar refractivity (Wildman–Crippen MR) is 108 cm³/mol. The highest BCUT2D eigenvalue weighted by Crippen LogP contribution is 2.31. The quantitative estimate of drug-likeness (QED) is 0.895. The summed E-state index contributed by atoms with van der Waals surface area (Å²) in [5, 5.41) is 10.8. The third kappa shape index (κ3) is 3.39. The maximum Gasteiger partial charge on any atom is 0.339 e. The average molecular weight is 368 g/mol. The van der Waals surface area contributed by atoms with E-state index < -0.39 is 5.97 Å². The van der Waals surface area contributed by atoms with Gasteiger partial charge in [0, 0.05) is 50.7 Å². The number of pyridine rings is 1. The lowest BCUT2D eigenvalue weighted by atomic mass is 10.0. The van der Waals surface area contributed by atoms with Gasteiger partial charge in [0.15, 0.2) is 0 Å². The number of aromatic carboxylic acids is 1. The maximum atomic E-state index is 12.0. The van der Waals surface area contributed by atoms with Crippen molar-refractivity contribution in [3.63, 3.8) is 0 Å². The molecule has 144 valence electrons. The topological polar surface area (TPSA) is 59.9 Å². The van der Waals surface area contributed by atoms with Crippen LogP contribution < -0.4 is 4.90 Å². The summed E-state index contributed by atoms with van der Waals surface area (Å²) >= 11 is 0. The van der Waals surface area contributed by atoms with Crippen LogP contribution in [0.2, 0.25) is 0 Å². The van der Waals surface area contributed by atoms with Gasteiger partial charge in [0.2, 0.25) is 0 Å². The van der Waals surface area contributed by atoms with Crippen molar-refractivity contribution in [2.24, 2.45) is 0 Å². The standard InChI is InChI=1S/C21H28N4O2/c1-3-23-10-12-24(13-11-23)16-8-9-25(14-16)20-19(21(26)27)15(2)17-6-4-5-7-18(17)22-20/h4-7,16H,3,8-14H2,1-2H3,(H,26,27). The number of piperazine rings is 1. The summed E-state index contributed by atoms with van der Waals surface area (Å²) in [7, 11) is 0. The number of rotatable bonds is 4. The third-order valence-electron chi connectivity index (χ3n) is 6.18. The van der Waals surface area contributed by atoms with Crippen molar-refractivity contribution in [3.05, 3.63) is 35.4 Å². The van der Waals surface area contributed by atoms with E-state index in [9.17, 15) is 9.90 Å². The van der Waals surface area contributed by atoms with Gasteiger partial charge in [-0.15, -0.1) is 0 Å². The highest BCUT2D eigenvalue weighted by atomic mass is 16.4. The van der Waals surface area contributed by atoms with E-state index in [-0.39, 0.29) is 0 Å². The highest BCUT2D eigenvalue weighted by molar-refractivity contribution is 6.01. The Hall–Kier alpha value is -2.18. The molecule has 0 amide bonds. The number of carbonyl (C=O) groups is 1. The normalized spacial score (nSPS) is 21.9. The monoisotopic (exact) mass is 368 g/mol. The molecule has 1 unspecified atom stereocenters. The molecule has 0 bridgehead atoms. The molecule has 1 atom stereocenters. The third-order valence-corrected chi connectivity index (χ3v) is 6.18. The zero-order valence-electron chi connectivity index (χ0n) is 16.2. The number of aryl methyl sites for hydroxylation is 1. The van der Waals surface area contributed by atoms with Crippen LogP contribution in [0.25, 0.3) is 10.9 Å². The van der Waals surface area contributed by atoms with E-state index in [1.807, 2.05) is 31.2 Å². The Morgan fingerprint density at radius 1 is 1.19 bits per heavy atom. The number of anilines is 1. The first-order valence-corrected chi connectivity index (χ1v) is 9.92. The molecule has 0 aliphatic carbocycles. The summed E-state index contributed by atoms with van der Waals surface area (Å²) in [6, 6.07) is 8.30. The Balaban J connectivity index is 1.60. The summed E-state index contributed by atoms with van der Waals surface area (Å²) in [5.41, 5.74) is 2.03. The maximum absolute atomic E-state index is 12.0. The van der Waals surface area contributed by atoms with E-state index in [0.29, 0.717) is 17.4 Å². The summed E-state index contributed by atoms with van der Waals surface area (Å²) in [5.74, 6) is -0.255. The van der Waals surface area contributed by atoms with Crippen molar-refractivity contribution in [3.8, 4) is 0 Å². The number of fused-ring (bicyclic) bond motifs is 1. The Morgan fingerprint density at radius 2 is 1.93 bits per heavy atom. The fraction of sp³-hybridized carbons (Fsp3) is 0.524. The van der Waals surface area contributed by atoms with Crippen LogP contribution in [0.3, 0.4) is 0 Å². The van der Waals surface area contributed by atoms with Gasteiger partial charge in [-0.25, -0.2) is 9.78 Å². The molecule has 6 heteroatoms. The van der Waals surface area contributed by atoms with Crippen molar-refractivity contribution in [2.75, 3.05) is 50.7 Å². The largest absolute Gasteiger partial charge is 0.478 e. The molecule has 6 nitrogen and oxygen atoms in total. The van der Waals surface area contributed by atoms with Crippen molar-refractivity contribution in [1.82, 2.24) is 14.8 Å². The zero-order valence-corrected chi connectivity index (χ0v) is 16.2. The van der Waals surface area contributed by atoms with Crippen LogP contribution in [-0.4, -0.2) is 77.7 Å². The molecule has 2 fully saturated rings. The number of hydrogen-bond acceptors (Lipinski definition) is 5. The van der Waals surface area contributed by atoms with Crippen molar-refractivity contribution < 1.29 is 9.90 Å². The Kier molecular flexibility index (Phi) is 5.02. The predicted octanol–water partition coefficient (Wildman–Crippen LogP) is 2.46. The van der Waals surface area contributed by atoms with Crippen LogP contribution in [0.15, 0.2) is 24.3 Å². The van der Waals surface area contributed by atoms with E-state index in [0.717, 1.165) is 68.7 Å². The lowest BCUT2D eigenvalue weighted by Crippen LogP contribution is -2.50. The molecule has 1 aromatic carbocycles. The van der Waals surface area contributed by atoms with E-state index in [1.165, 1.54) is 0 Å². The lowest BCUT2D eigenvalue weighted by Gasteiger charge is -2.37. The van der Waals surface area contributed by atoms with Crippen molar-refractivity contribution in [2.45, 2.75) is 26.3 Å². The summed E-state index contributed by atoms with van der Waals surface area (Å²) < 4.78 is 0. The molecule has 2 aromatic rings. The molecule has 0 spiro atoms. The number of carboxylic acid groups (broad SMARTS) is 1. The molecule has 2 aliphatic heterocycles. The minimum absolute atomic E-state index is 0.352. The lowest BCUT2D eigenvalue weighted by molar-refractivity contribution is 0.0696. The van der Waals surface area contributed by atoms with Gasteiger partial charge in [0.25, 0.3) is 0 Å². The first-order valence-electron chi connectivity index (χ1n) is 9.92. The van der Waals surface area contributed by atoms with Crippen LogP contribution in [0.4, 0.5) is 5.82 Å². The number of likely N-dealkylation sites (N-methyl/N-ethyl adjacent to an activating group) is 1. The van der Waals surface area contributed by atoms with Gasteiger partial charge in [-0.2, -0.15) is 0 Å². The van der Waals surface area contributed by atoms with Crippen LogP contribution >= 0.6 is 0 Å². The SMILES string of the molecule is CCN1CCN(C2CCN(c3nc4ccccc4c(C)c3C(=O)O)C2)CC1. The number of aromatic nitrogens is 1. The fourth-order valence-corrected chi connectivity index (χ4v) is 4.52. The second-order valence-electron chi connectivity index (χ2n) is 7.62. The molecular weight excluding hydrogens is 340 g/mol. The molecule has 3 heterocycles. The summed E-state index contributed by atoms with van der Waals surface area (Å²) in [6.45, 7) is 11.4. The first kappa shape index (κ1) is 18.2. The van der Waals surface area contributed by atoms with Gasteiger partial charge < -0.3 is 14.9 Å². The van der Waals surface area contributed by atoms with E-state index in [1.54, 1.807) is 0 Å². The van der Waals surface area contributed by atoms with Gasteiger partial charge >= 0.3 is 5.97 Å². The van der Waals surface area contributed by atoms with Crippen molar-refractivity contribution >= 4 is 22.7 Å². The van der Waals surface area contributed by atoms with Crippen LogP contribution in [0.1, 0.15) is 29.3 Å². The Bertz CT molecular complexity index is 845. The Labute approximate surface area is 160 Å². The number of benzene rings is 1. The molecular formula is C21H28N4O2. The van der Waals surface area contributed by atoms with Gasteiger partial charge in [-0.05, 0) is 31.5 Å². The summed E-state index contributed by atoms with van der Waals surface area (Å²) in [6.07, 6.45) is 1.07. The summed E-state index contributed by atoms with van der Waals surface area (Å²) in [4.78, 5) is 24.0. The highest BCUT2D eigenvalue weighted by Gasteiger charge is 2.32. The Morgan fingerprint density at radius 3 is 2.63 bits per heavy atom. The van der Waals surface area contributed by atoms with Crippen LogP contribution in [0, 0.1) is 6.92 Å². The molecule has 1 aromatic heterocycles. The minimum Gasteiger partial charge on any atom is -0.478 e. The number of hydrogen-bond donors (Lipinski definition) is 1. The second-order valence-corrected chi connectivity index (χ2v) is 7.62. The molecule has 2 aliphatic rings. The minimum atomic E-state index is -0.888. The molecule has 4 rings (SSSR count). The van der Waals surface area contributed by atoms with E-state index in [2.05, 4.69) is 21.6 Å². The second kappa shape index (κ2) is 7.44. The van der Waals surface area contributed by atoms with Gasteiger partial charge in [0.05, 0.1) is 5.52 Å². The fourth-order valence-electron chi connectivity index (χ4n) is 4.52. The molecule has 0 radical (unpaired) electrons. The van der Waals surface area contributed by atoms with E-state index >= 15 is 0 Å². The number of nitrogens with zero attached hydrogens (tertiary/aromatic N) is 4. The van der Waals surface area contributed by atoms with Crippen LogP contribution in [-0.2, 0) is 0 Å². The van der Waals surface area contributed by atoms with Crippen molar-refractivity contribution in [1.29, 1.82) is 0 Å². The average Bonchev–Trinajstić information content (AvgIpc) is 3.18. The first-order chi connectivity index (χ1) is 13.1. The van der Waals surface area contributed by atoms with E-state index in [4.69, 9.17) is 4.98 Å². The van der Waals surface area contributed by atoms with Gasteiger partial charge in [-0.1, -0.05) is 25.1 Å². The van der Waals surface area contributed by atoms with Crippen LogP contribution in [0.5, 0.6) is 0 Å². The van der Waals surface area contributed by atoms with Gasteiger partial charge in [-0.3, -0.25) is 4.90 Å². The molecule has 1 N–H and O–H groups in total. The molecule has 0 saturated carbocycles. The molecule has 27 heavy (non-hydrogen) atoms. The number of para-hydroxylation sites is 1. The number of carboxylic acids is 1. The smallest absolute Gasteiger partial charge is 0.339 e. The zero-order chi connectivity index (χ0) is 19.0. The van der Waals surface area contributed by atoms with Gasteiger partial charge in [0.1, 0.15) is 11.4 Å². The molecule has 2 saturated heterocycles.